The smallest absolute Gasteiger partial charge is 0.0510 e. The van der Waals surface area contributed by atoms with Crippen molar-refractivity contribution in [3.63, 3.8) is 0 Å². The van der Waals surface area contributed by atoms with Crippen molar-refractivity contribution in [2.24, 2.45) is 5.92 Å². The van der Waals surface area contributed by atoms with E-state index < -0.39 is 0 Å². The van der Waals surface area contributed by atoms with Crippen molar-refractivity contribution in [3.05, 3.63) is 28.2 Å². The van der Waals surface area contributed by atoms with E-state index in [1.165, 1.54) is 48.1 Å². The van der Waals surface area contributed by atoms with E-state index in [1.807, 2.05) is 0 Å². The van der Waals surface area contributed by atoms with Gasteiger partial charge in [0.05, 0.1) is 5.69 Å². The summed E-state index contributed by atoms with van der Waals surface area (Å²) >= 11 is 3.77. The molecule has 2 nitrogen and oxygen atoms in total. The Balaban J connectivity index is 2.12. The van der Waals surface area contributed by atoms with Crippen LogP contribution in [0.5, 0.6) is 0 Å². The van der Waals surface area contributed by atoms with Gasteiger partial charge in [-0.05, 0) is 72.3 Å². The summed E-state index contributed by atoms with van der Waals surface area (Å²) in [7, 11) is 0. The Hall–Kier alpha value is -0.540. The van der Waals surface area contributed by atoms with E-state index in [2.05, 4.69) is 65.1 Å². The Kier molecular flexibility index (Phi) is 5.91. The first-order valence-corrected chi connectivity index (χ1v) is 8.69. The maximum Gasteiger partial charge on any atom is 0.0510 e. The molecule has 0 spiro atoms. The molecule has 20 heavy (non-hydrogen) atoms. The van der Waals surface area contributed by atoms with Crippen LogP contribution in [0.3, 0.4) is 0 Å². The van der Waals surface area contributed by atoms with Gasteiger partial charge in [0, 0.05) is 23.6 Å². The van der Waals surface area contributed by atoms with Gasteiger partial charge in [-0.15, -0.1) is 0 Å². The van der Waals surface area contributed by atoms with Gasteiger partial charge in [0.25, 0.3) is 0 Å². The van der Waals surface area contributed by atoms with Crippen LogP contribution in [0.1, 0.15) is 51.6 Å². The Labute approximate surface area is 132 Å². The predicted octanol–water partition coefficient (Wildman–Crippen LogP) is 4.75. The van der Waals surface area contributed by atoms with Crippen molar-refractivity contribution >= 4 is 21.6 Å². The first-order chi connectivity index (χ1) is 9.61. The highest BCUT2D eigenvalue weighted by molar-refractivity contribution is 9.10. The minimum atomic E-state index is 0.412. The SMILES string of the molecule is CCNC(C)c1ccc(N2CCCC(C)CC2)c(Br)c1. The van der Waals surface area contributed by atoms with E-state index in [9.17, 15) is 0 Å². The number of nitrogens with zero attached hydrogens (tertiary/aromatic N) is 1. The van der Waals surface area contributed by atoms with Crippen LogP contribution in [-0.4, -0.2) is 19.6 Å². The van der Waals surface area contributed by atoms with E-state index in [-0.39, 0.29) is 0 Å². The fraction of sp³-hybridized carbons (Fsp3) is 0.647. The molecule has 0 amide bonds. The third kappa shape index (κ3) is 3.98. The fourth-order valence-electron chi connectivity index (χ4n) is 2.98. The fourth-order valence-corrected chi connectivity index (χ4v) is 3.62. The maximum absolute atomic E-state index is 3.77. The number of hydrogen-bond acceptors (Lipinski definition) is 2. The van der Waals surface area contributed by atoms with E-state index in [1.54, 1.807) is 0 Å². The lowest BCUT2D eigenvalue weighted by Gasteiger charge is -2.25. The van der Waals surface area contributed by atoms with Gasteiger partial charge in [0.1, 0.15) is 0 Å². The second kappa shape index (κ2) is 7.46. The van der Waals surface area contributed by atoms with Gasteiger partial charge in [-0.3, -0.25) is 0 Å². The Bertz CT molecular complexity index is 433. The summed E-state index contributed by atoms with van der Waals surface area (Å²) in [5, 5.41) is 3.47. The molecule has 1 aromatic carbocycles. The average molecular weight is 339 g/mol. The molecule has 1 aliphatic rings. The Morgan fingerprint density at radius 1 is 1.35 bits per heavy atom. The van der Waals surface area contributed by atoms with Crippen LogP contribution in [0.15, 0.2) is 22.7 Å². The molecule has 2 unspecified atom stereocenters. The lowest BCUT2D eigenvalue weighted by atomic mass is 10.0. The van der Waals surface area contributed by atoms with Gasteiger partial charge >= 0.3 is 0 Å². The topological polar surface area (TPSA) is 15.3 Å². The minimum absolute atomic E-state index is 0.412. The van der Waals surface area contributed by atoms with Crippen molar-refractivity contribution < 1.29 is 0 Å². The van der Waals surface area contributed by atoms with Crippen molar-refractivity contribution in [3.8, 4) is 0 Å². The molecule has 3 heteroatoms. The molecule has 1 N–H and O–H groups in total. The molecule has 0 aromatic heterocycles. The molecular formula is C17H27BrN2. The zero-order valence-electron chi connectivity index (χ0n) is 13.0. The molecular weight excluding hydrogens is 312 g/mol. The van der Waals surface area contributed by atoms with E-state index >= 15 is 0 Å². The maximum atomic E-state index is 3.77. The number of rotatable bonds is 4. The molecule has 0 radical (unpaired) electrons. The molecule has 1 saturated heterocycles. The monoisotopic (exact) mass is 338 g/mol. The zero-order chi connectivity index (χ0) is 14.5. The zero-order valence-corrected chi connectivity index (χ0v) is 14.5. The molecule has 2 rings (SSSR count). The van der Waals surface area contributed by atoms with Crippen LogP contribution in [0.25, 0.3) is 0 Å². The average Bonchev–Trinajstić information content (AvgIpc) is 2.64. The van der Waals surface area contributed by atoms with E-state index in [0.717, 1.165) is 12.5 Å². The molecule has 1 fully saturated rings. The summed E-state index contributed by atoms with van der Waals surface area (Å²) in [5.41, 5.74) is 2.71. The summed E-state index contributed by atoms with van der Waals surface area (Å²) in [6.45, 7) is 10.1. The lowest BCUT2D eigenvalue weighted by Crippen LogP contribution is -2.24. The van der Waals surface area contributed by atoms with Gasteiger partial charge in [0.2, 0.25) is 0 Å². The Morgan fingerprint density at radius 2 is 2.15 bits per heavy atom. The first-order valence-electron chi connectivity index (χ1n) is 7.89. The first kappa shape index (κ1) is 15.8. The van der Waals surface area contributed by atoms with E-state index in [0.29, 0.717) is 6.04 Å². The van der Waals surface area contributed by atoms with Crippen molar-refractivity contribution in [1.82, 2.24) is 5.32 Å². The second-order valence-corrected chi connectivity index (χ2v) is 6.87. The van der Waals surface area contributed by atoms with Crippen LogP contribution in [0.4, 0.5) is 5.69 Å². The molecule has 1 aliphatic heterocycles. The van der Waals surface area contributed by atoms with Crippen molar-refractivity contribution in [1.29, 1.82) is 0 Å². The Morgan fingerprint density at radius 3 is 2.85 bits per heavy atom. The number of hydrogen-bond donors (Lipinski definition) is 1. The highest BCUT2D eigenvalue weighted by Gasteiger charge is 2.16. The highest BCUT2D eigenvalue weighted by atomic mass is 79.9. The van der Waals surface area contributed by atoms with Crippen LogP contribution >= 0.6 is 15.9 Å². The summed E-state index contributed by atoms with van der Waals surface area (Å²) in [6.07, 6.45) is 3.98. The van der Waals surface area contributed by atoms with E-state index in [4.69, 9.17) is 0 Å². The molecule has 112 valence electrons. The quantitative estimate of drug-likeness (QED) is 0.852. The molecule has 1 aromatic rings. The molecule has 0 bridgehead atoms. The lowest BCUT2D eigenvalue weighted by molar-refractivity contribution is 0.521. The van der Waals surface area contributed by atoms with Gasteiger partial charge < -0.3 is 10.2 Å². The second-order valence-electron chi connectivity index (χ2n) is 6.01. The van der Waals surface area contributed by atoms with Crippen molar-refractivity contribution in [2.45, 2.75) is 46.1 Å². The summed E-state index contributed by atoms with van der Waals surface area (Å²) in [4.78, 5) is 2.54. The van der Waals surface area contributed by atoms with Crippen molar-refractivity contribution in [2.75, 3.05) is 24.5 Å². The van der Waals surface area contributed by atoms with Gasteiger partial charge in [-0.1, -0.05) is 19.9 Å². The van der Waals surface area contributed by atoms with Crippen LogP contribution < -0.4 is 10.2 Å². The summed E-state index contributed by atoms with van der Waals surface area (Å²) in [5.74, 6) is 0.867. The van der Waals surface area contributed by atoms with Crippen LogP contribution in [0, 0.1) is 5.92 Å². The molecule has 1 heterocycles. The third-order valence-corrected chi connectivity index (χ3v) is 4.97. The van der Waals surface area contributed by atoms with Crippen LogP contribution in [-0.2, 0) is 0 Å². The molecule has 0 saturated carbocycles. The number of halogens is 1. The minimum Gasteiger partial charge on any atom is -0.371 e. The molecule has 0 aliphatic carbocycles. The number of benzene rings is 1. The summed E-state index contributed by atoms with van der Waals surface area (Å²) < 4.78 is 1.23. The van der Waals surface area contributed by atoms with Gasteiger partial charge in [-0.25, -0.2) is 0 Å². The largest absolute Gasteiger partial charge is 0.371 e. The number of nitrogens with one attached hydrogen (secondary N) is 1. The molecule has 2 atom stereocenters. The van der Waals surface area contributed by atoms with Crippen LogP contribution in [0.2, 0.25) is 0 Å². The van der Waals surface area contributed by atoms with Gasteiger partial charge in [-0.2, -0.15) is 0 Å². The standard InChI is InChI=1S/C17H27BrN2/c1-4-19-14(3)15-7-8-17(16(18)12-15)20-10-5-6-13(2)9-11-20/h7-8,12-14,19H,4-6,9-11H2,1-3H3. The van der Waals surface area contributed by atoms with Gasteiger partial charge in [0.15, 0.2) is 0 Å². The third-order valence-electron chi connectivity index (χ3n) is 4.34. The normalized spacial score (nSPS) is 21.6. The summed E-state index contributed by atoms with van der Waals surface area (Å²) in [6, 6.07) is 7.23. The number of anilines is 1. The predicted molar refractivity (Wildman–Crippen MR) is 91.5 cm³/mol. The highest BCUT2D eigenvalue weighted by Crippen LogP contribution is 2.31.